The molecule has 8 heteroatoms. The highest BCUT2D eigenvalue weighted by molar-refractivity contribution is 6.31. The molecule has 1 aromatic heterocycles. The predicted molar refractivity (Wildman–Crippen MR) is 82.0 cm³/mol. The summed E-state index contributed by atoms with van der Waals surface area (Å²) >= 11 is 5.91. The second kappa shape index (κ2) is 6.95. The maximum atomic E-state index is 11.8. The molecule has 0 fully saturated rings. The van der Waals surface area contributed by atoms with Crippen molar-refractivity contribution in [3.8, 4) is 5.75 Å². The first-order valence-electron chi connectivity index (χ1n) is 6.46. The number of ether oxygens (including phenoxy) is 1. The Hall–Kier alpha value is -2.54. The number of rotatable bonds is 5. The van der Waals surface area contributed by atoms with Gasteiger partial charge in [0, 0.05) is 17.8 Å². The van der Waals surface area contributed by atoms with Gasteiger partial charge in [0.05, 0.1) is 24.4 Å². The number of oxime groups is 1. The van der Waals surface area contributed by atoms with E-state index in [4.69, 9.17) is 26.9 Å². The quantitative estimate of drug-likeness (QED) is 0.393. The molecule has 2 rings (SSSR count). The summed E-state index contributed by atoms with van der Waals surface area (Å²) in [5, 5.41) is 8.07. The van der Waals surface area contributed by atoms with Crippen LogP contribution in [0.1, 0.15) is 22.8 Å². The van der Waals surface area contributed by atoms with Crippen LogP contribution in [0.2, 0.25) is 5.02 Å². The maximum Gasteiger partial charge on any atom is 0.368 e. The summed E-state index contributed by atoms with van der Waals surface area (Å²) in [6.45, 7) is 2.56. The Morgan fingerprint density at radius 3 is 2.91 bits per heavy atom. The molecule has 0 aliphatic rings. The van der Waals surface area contributed by atoms with E-state index in [0.717, 1.165) is 0 Å². The van der Waals surface area contributed by atoms with Gasteiger partial charge in [-0.25, -0.2) is 4.79 Å². The van der Waals surface area contributed by atoms with Crippen LogP contribution in [-0.2, 0) is 11.4 Å². The molecule has 1 heterocycles. The molecule has 1 aromatic carbocycles. The van der Waals surface area contributed by atoms with Crippen LogP contribution in [0, 0.1) is 0 Å². The van der Waals surface area contributed by atoms with Crippen molar-refractivity contribution in [2.45, 2.75) is 13.5 Å². The van der Waals surface area contributed by atoms with Crippen molar-refractivity contribution in [2.24, 2.45) is 10.9 Å². The smallest absolute Gasteiger partial charge is 0.368 e. The highest BCUT2D eigenvalue weighted by Gasteiger charge is 2.12. The van der Waals surface area contributed by atoms with E-state index in [-0.39, 0.29) is 11.4 Å². The second-order valence-electron chi connectivity index (χ2n) is 4.28. The maximum absolute atomic E-state index is 11.8. The van der Waals surface area contributed by atoms with Gasteiger partial charge in [-0.05, 0) is 25.1 Å². The minimum absolute atomic E-state index is 0.0180. The molecule has 0 spiro atoms. The number of carbonyl (C=O) groups is 1. The number of hydrogen-bond donors (Lipinski definition) is 1. The van der Waals surface area contributed by atoms with Crippen molar-refractivity contribution >= 4 is 23.4 Å². The topological polar surface area (TPSA) is 91.7 Å². The molecule has 116 valence electrons. The Morgan fingerprint density at radius 2 is 2.27 bits per heavy atom. The zero-order valence-electron chi connectivity index (χ0n) is 12.1. The molecule has 0 radical (unpaired) electrons. The van der Waals surface area contributed by atoms with Gasteiger partial charge in [0.25, 0.3) is 0 Å². The molecule has 0 unspecified atom stereocenters. The summed E-state index contributed by atoms with van der Waals surface area (Å²) in [6, 6.07) is 4.87. The molecular weight excluding hydrogens is 308 g/mol. The lowest BCUT2D eigenvalue weighted by Gasteiger charge is -2.07. The highest BCUT2D eigenvalue weighted by Crippen LogP contribution is 2.22. The largest absolute Gasteiger partial charge is 0.496 e. The van der Waals surface area contributed by atoms with Crippen LogP contribution in [0.4, 0.5) is 0 Å². The van der Waals surface area contributed by atoms with Gasteiger partial charge in [0.1, 0.15) is 5.75 Å². The van der Waals surface area contributed by atoms with Crippen molar-refractivity contribution in [1.29, 1.82) is 0 Å². The van der Waals surface area contributed by atoms with Crippen molar-refractivity contribution in [2.75, 3.05) is 7.11 Å². The number of aryl methyl sites for hydroxylation is 1. The first-order valence-corrected chi connectivity index (χ1v) is 6.84. The summed E-state index contributed by atoms with van der Waals surface area (Å²) in [4.78, 5) is 16.6. The number of carbonyl (C=O) groups excluding carboxylic acids is 1. The van der Waals surface area contributed by atoms with Gasteiger partial charge >= 0.3 is 5.97 Å². The summed E-state index contributed by atoms with van der Waals surface area (Å²) < 4.78 is 6.76. The summed E-state index contributed by atoms with van der Waals surface area (Å²) in [6.07, 6.45) is 2.96. The lowest BCUT2D eigenvalue weighted by Crippen LogP contribution is -2.16. The number of aromatic nitrogens is 2. The number of nitrogens with zero attached hydrogens (tertiary/aromatic N) is 3. The minimum Gasteiger partial charge on any atom is -0.496 e. The van der Waals surface area contributed by atoms with Gasteiger partial charge < -0.3 is 15.3 Å². The monoisotopic (exact) mass is 322 g/mol. The SMILES string of the molecule is CCn1cc(C(=O)O/N=C(\N)c2cc(Cl)ccc2OC)cn1. The lowest BCUT2D eigenvalue weighted by atomic mass is 10.2. The molecule has 0 saturated heterocycles. The third kappa shape index (κ3) is 3.56. The predicted octanol–water partition coefficient (Wildman–Crippen LogP) is 2.04. The Labute approximate surface area is 132 Å². The van der Waals surface area contributed by atoms with Gasteiger partial charge in [-0.15, -0.1) is 0 Å². The van der Waals surface area contributed by atoms with Crippen molar-refractivity contribution in [3.05, 3.63) is 46.7 Å². The molecule has 0 bridgehead atoms. The van der Waals surface area contributed by atoms with E-state index in [9.17, 15) is 4.79 Å². The van der Waals surface area contributed by atoms with Crippen LogP contribution in [0.5, 0.6) is 5.75 Å². The van der Waals surface area contributed by atoms with Crippen LogP contribution < -0.4 is 10.5 Å². The van der Waals surface area contributed by atoms with Gasteiger partial charge in [-0.1, -0.05) is 16.8 Å². The van der Waals surface area contributed by atoms with Crippen LogP contribution >= 0.6 is 11.6 Å². The van der Waals surface area contributed by atoms with E-state index in [1.54, 1.807) is 29.1 Å². The average Bonchev–Trinajstić information content (AvgIpc) is 3.01. The van der Waals surface area contributed by atoms with Crippen LogP contribution in [-0.4, -0.2) is 28.7 Å². The molecular formula is C14H15ClN4O3. The normalized spacial score (nSPS) is 11.3. The number of amidine groups is 1. The number of nitrogens with two attached hydrogens (primary N) is 1. The molecule has 0 atom stereocenters. The Kier molecular flexibility index (Phi) is 5.00. The van der Waals surface area contributed by atoms with E-state index >= 15 is 0 Å². The molecule has 22 heavy (non-hydrogen) atoms. The summed E-state index contributed by atoms with van der Waals surface area (Å²) in [7, 11) is 1.49. The average molecular weight is 323 g/mol. The number of halogens is 1. The van der Waals surface area contributed by atoms with E-state index in [1.165, 1.54) is 13.3 Å². The van der Waals surface area contributed by atoms with E-state index in [2.05, 4.69) is 10.3 Å². The van der Waals surface area contributed by atoms with Gasteiger partial charge in [-0.3, -0.25) is 4.68 Å². The standard InChI is InChI=1S/C14H15ClN4O3/c1-3-19-8-9(7-17-19)14(20)22-18-13(16)11-6-10(15)4-5-12(11)21-2/h4-8H,3H2,1-2H3,(H2,16,18). The van der Waals surface area contributed by atoms with Crippen molar-refractivity contribution in [1.82, 2.24) is 9.78 Å². The Bertz CT molecular complexity index is 712. The van der Waals surface area contributed by atoms with Gasteiger partial charge in [-0.2, -0.15) is 5.10 Å². The molecule has 0 amide bonds. The first-order chi connectivity index (χ1) is 10.5. The van der Waals surface area contributed by atoms with E-state index in [1.807, 2.05) is 6.92 Å². The highest BCUT2D eigenvalue weighted by atomic mass is 35.5. The third-order valence-corrected chi connectivity index (χ3v) is 3.09. The third-order valence-electron chi connectivity index (χ3n) is 2.86. The first kappa shape index (κ1) is 15.8. The van der Waals surface area contributed by atoms with Crippen molar-refractivity contribution in [3.63, 3.8) is 0 Å². The fraction of sp³-hybridized carbons (Fsp3) is 0.214. The number of methoxy groups -OCH3 is 1. The molecule has 2 N–H and O–H groups in total. The van der Waals surface area contributed by atoms with Crippen molar-refractivity contribution < 1.29 is 14.4 Å². The molecule has 0 aliphatic heterocycles. The molecule has 7 nitrogen and oxygen atoms in total. The Morgan fingerprint density at radius 1 is 1.50 bits per heavy atom. The fourth-order valence-corrected chi connectivity index (χ4v) is 1.89. The van der Waals surface area contributed by atoms with Crippen LogP contribution in [0.15, 0.2) is 35.7 Å². The fourth-order valence-electron chi connectivity index (χ4n) is 1.71. The zero-order chi connectivity index (χ0) is 16.1. The van der Waals surface area contributed by atoms with E-state index in [0.29, 0.717) is 22.9 Å². The minimum atomic E-state index is -0.649. The second-order valence-corrected chi connectivity index (χ2v) is 4.72. The number of hydrogen-bond acceptors (Lipinski definition) is 5. The summed E-state index contributed by atoms with van der Waals surface area (Å²) in [5.74, 6) is -0.195. The molecule has 0 saturated carbocycles. The lowest BCUT2D eigenvalue weighted by molar-refractivity contribution is 0.0516. The summed E-state index contributed by atoms with van der Waals surface area (Å²) in [5.41, 5.74) is 6.54. The van der Waals surface area contributed by atoms with Gasteiger partial charge in [0.2, 0.25) is 0 Å². The van der Waals surface area contributed by atoms with Crippen LogP contribution in [0.25, 0.3) is 0 Å². The molecule has 0 aliphatic carbocycles. The van der Waals surface area contributed by atoms with E-state index < -0.39 is 5.97 Å². The molecule has 2 aromatic rings. The van der Waals surface area contributed by atoms with Gasteiger partial charge in [0.15, 0.2) is 5.84 Å². The number of benzene rings is 1. The Balaban J connectivity index is 2.15. The zero-order valence-corrected chi connectivity index (χ0v) is 12.9. The van der Waals surface area contributed by atoms with Crippen LogP contribution in [0.3, 0.4) is 0 Å².